The summed E-state index contributed by atoms with van der Waals surface area (Å²) < 4.78 is 5.15. The Balaban J connectivity index is 2.70. The van der Waals surface area contributed by atoms with Gasteiger partial charge in [-0.1, -0.05) is 20.8 Å². The molecule has 0 saturated heterocycles. The number of hydrogen-bond acceptors (Lipinski definition) is 3. The Kier molecular flexibility index (Phi) is 5.63. The summed E-state index contributed by atoms with van der Waals surface area (Å²) in [7, 11) is 4.00. The van der Waals surface area contributed by atoms with Gasteiger partial charge in [0.2, 0.25) is 0 Å². The summed E-state index contributed by atoms with van der Waals surface area (Å²) in [6.07, 6.45) is 4.85. The van der Waals surface area contributed by atoms with E-state index in [1.807, 2.05) is 0 Å². The smallest absolute Gasteiger partial charge is 0.0474 e. The molecule has 2 unspecified atom stereocenters. The van der Waals surface area contributed by atoms with Crippen LogP contribution in [0.3, 0.4) is 0 Å². The van der Waals surface area contributed by atoms with Crippen molar-refractivity contribution in [1.82, 2.24) is 4.90 Å². The van der Waals surface area contributed by atoms with Crippen LogP contribution in [-0.2, 0) is 4.74 Å². The summed E-state index contributed by atoms with van der Waals surface area (Å²) in [6, 6.07) is 0. The van der Waals surface area contributed by atoms with Gasteiger partial charge in [0.1, 0.15) is 0 Å². The lowest BCUT2D eigenvalue weighted by Gasteiger charge is -2.52. The molecule has 2 atom stereocenters. The second-order valence-corrected chi connectivity index (χ2v) is 7.05. The predicted octanol–water partition coefficient (Wildman–Crippen LogP) is 2.50. The summed E-state index contributed by atoms with van der Waals surface area (Å²) in [5, 5.41) is 0. The highest BCUT2D eigenvalue weighted by atomic mass is 16.5. The van der Waals surface area contributed by atoms with Gasteiger partial charge in [-0.05, 0) is 44.1 Å². The number of ether oxygens (including phenoxy) is 1. The number of rotatable bonds is 6. The number of nitrogens with zero attached hydrogens (tertiary/aromatic N) is 1. The Hall–Kier alpha value is -0.120. The van der Waals surface area contributed by atoms with Gasteiger partial charge in [-0.3, -0.25) is 4.90 Å². The molecule has 18 heavy (non-hydrogen) atoms. The third-order valence-corrected chi connectivity index (χ3v) is 4.47. The maximum Gasteiger partial charge on any atom is 0.0474 e. The maximum atomic E-state index is 6.15. The Labute approximate surface area is 113 Å². The Bertz CT molecular complexity index is 255. The molecule has 1 saturated carbocycles. The highest BCUT2D eigenvalue weighted by molar-refractivity contribution is 5.00. The minimum absolute atomic E-state index is 0.189. The molecule has 0 aromatic carbocycles. The second-order valence-electron chi connectivity index (χ2n) is 7.05. The third-order valence-electron chi connectivity index (χ3n) is 4.47. The highest BCUT2D eigenvalue weighted by Crippen LogP contribution is 2.45. The molecule has 0 aliphatic heterocycles. The van der Waals surface area contributed by atoms with E-state index in [2.05, 4.69) is 32.7 Å². The van der Waals surface area contributed by atoms with Crippen LogP contribution in [0.2, 0.25) is 0 Å². The van der Waals surface area contributed by atoms with Crippen LogP contribution < -0.4 is 5.73 Å². The van der Waals surface area contributed by atoms with Crippen LogP contribution >= 0.6 is 0 Å². The van der Waals surface area contributed by atoms with Crippen LogP contribution in [0.1, 0.15) is 46.5 Å². The van der Waals surface area contributed by atoms with Crippen LogP contribution in [0, 0.1) is 11.3 Å². The van der Waals surface area contributed by atoms with E-state index in [-0.39, 0.29) is 5.54 Å². The average molecular weight is 256 g/mol. The minimum Gasteiger partial charge on any atom is -0.385 e. The molecule has 1 rings (SSSR count). The van der Waals surface area contributed by atoms with Crippen molar-refractivity contribution in [3.63, 3.8) is 0 Å². The van der Waals surface area contributed by atoms with Crippen molar-refractivity contribution in [3.05, 3.63) is 0 Å². The van der Waals surface area contributed by atoms with Crippen molar-refractivity contribution >= 4 is 0 Å². The van der Waals surface area contributed by atoms with Crippen LogP contribution in [0.15, 0.2) is 0 Å². The van der Waals surface area contributed by atoms with E-state index in [4.69, 9.17) is 10.5 Å². The topological polar surface area (TPSA) is 38.5 Å². The number of likely N-dealkylation sites (N-methyl/N-ethyl adjacent to an activating group) is 1. The van der Waals surface area contributed by atoms with Gasteiger partial charge in [0, 0.05) is 32.3 Å². The van der Waals surface area contributed by atoms with Crippen LogP contribution in [0.4, 0.5) is 0 Å². The van der Waals surface area contributed by atoms with Gasteiger partial charge < -0.3 is 10.5 Å². The molecule has 3 heteroatoms. The lowest BCUT2D eigenvalue weighted by atomic mass is 9.63. The fourth-order valence-electron chi connectivity index (χ4n) is 3.98. The van der Waals surface area contributed by atoms with Crippen molar-refractivity contribution in [2.45, 2.75) is 52.0 Å². The molecule has 2 N–H and O–H groups in total. The molecule has 1 aliphatic carbocycles. The first-order valence-corrected chi connectivity index (χ1v) is 7.25. The first-order chi connectivity index (χ1) is 8.35. The van der Waals surface area contributed by atoms with Crippen molar-refractivity contribution < 1.29 is 4.74 Å². The van der Waals surface area contributed by atoms with E-state index in [1.54, 1.807) is 7.11 Å². The molecule has 0 aromatic heterocycles. The fraction of sp³-hybridized carbons (Fsp3) is 1.00. The minimum atomic E-state index is 0.189. The van der Waals surface area contributed by atoms with Crippen molar-refractivity contribution in [2.75, 3.05) is 33.9 Å². The van der Waals surface area contributed by atoms with Gasteiger partial charge >= 0.3 is 0 Å². The Morgan fingerprint density at radius 2 is 2.00 bits per heavy atom. The summed E-state index contributed by atoms with van der Waals surface area (Å²) >= 11 is 0. The van der Waals surface area contributed by atoms with Crippen molar-refractivity contribution in [1.29, 1.82) is 0 Å². The van der Waals surface area contributed by atoms with Gasteiger partial charge in [0.05, 0.1) is 0 Å². The SMILES string of the molecule is COCCCN(C)C1(CN)CC(C)CC(C)(C)C1. The number of nitrogens with two attached hydrogens (primary N) is 1. The zero-order valence-electron chi connectivity index (χ0n) is 13.0. The molecule has 0 aromatic rings. The van der Waals surface area contributed by atoms with Gasteiger partial charge in [0.25, 0.3) is 0 Å². The lowest BCUT2D eigenvalue weighted by molar-refractivity contribution is 0.0000205. The standard InChI is InChI=1S/C15H32N2O/c1-13-9-14(2,3)11-15(10-13,12-16)17(4)7-6-8-18-5/h13H,6-12,16H2,1-5H3. The summed E-state index contributed by atoms with van der Waals surface area (Å²) in [6.45, 7) is 9.82. The number of methoxy groups -OCH3 is 1. The third kappa shape index (κ3) is 3.94. The molecule has 108 valence electrons. The molecule has 0 amide bonds. The summed E-state index contributed by atoms with van der Waals surface area (Å²) in [5.74, 6) is 0.766. The molecule has 0 bridgehead atoms. The molecule has 1 aliphatic rings. The monoisotopic (exact) mass is 256 g/mol. The Morgan fingerprint density at radius 3 is 2.50 bits per heavy atom. The summed E-state index contributed by atoms with van der Waals surface area (Å²) in [5.41, 5.74) is 6.75. The normalized spacial score (nSPS) is 31.8. The van der Waals surface area contributed by atoms with Crippen LogP contribution in [-0.4, -0.2) is 44.3 Å². The number of hydrogen-bond donors (Lipinski definition) is 1. The van der Waals surface area contributed by atoms with Gasteiger partial charge in [-0.2, -0.15) is 0 Å². The molecule has 3 nitrogen and oxygen atoms in total. The molecule has 1 fully saturated rings. The first-order valence-electron chi connectivity index (χ1n) is 7.25. The largest absolute Gasteiger partial charge is 0.385 e. The van der Waals surface area contributed by atoms with E-state index >= 15 is 0 Å². The summed E-state index contributed by atoms with van der Waals surface area (Å²) in [4.78, 5) is 2.49. The van der Waals surface area contributed by atoms with Crippen LogP contribution in [0.25, 0.3) is 0 Å². The van der Waals surface area contributed by atoms with Gasteiger partial charge in [-0.15, -0.1) is 0 Å². The zero-order chi connectivity index (χ0) is 13.8. The second kappa shape index (κ2) is 6.36. The maximum absolute atomic E-state index is 6.15. The predicted molar refractivity (Wildman–Crippen MR) is 77.7 cm³/mol. The van der Waals surface area contributed by atoms with Gasteiger partial charge in [0.15, 0.2) is 0 Å². The van der Waals surface area contributed by atoms with E-state index in [0.717, 1.165) is 32.0 Å². The van der Waals surface area contributed by atoms with Crippen LogP contribution in [0.5, 0.6) is 0 Å². The molecule has 0 spiro atoms. The quantitative estimate of drug-likeness (QED) is 0.742. The van der Waals surface area contributed by atoms with Crippen molar-refractivity contribution in [2.24, 2.45) is 17.1 Å². The molecular formula is C15H32N2O. The molecule has 0 heterocycles. The van der Waals surface area contributed by atoms with Gasteiger partial charge in [-0.25, -0.2) is 0 Å². The lowest BCUT2D eigenvalue weighted by Crippen LogP contribution is -2.58. The van der Waals surface area contributed by atoms with E-state index in [9.17, 15) is 0 Å². The Morgan fingerprint density at radius 1 is 1.33 bits per heavy atom. The van der Waals surface area contributed by atoms with E-state index in [1.165, 1.54) is 19.3 Å². The average Bonchev–Trinajstić information content (AvgIpc) is 2.26. The fourth-order valence-corrected chi connectivity index (χ4v) is 3.98. The highest BCUT2D eigenvalue weighted by Gasteiger charge is 2.44. The molecular weight excluding hydrogens is 224 g/mol. The van der Waals surface area contributed by atoms with Crippen molar-refractivity contribution in [3.8, 4) is 0 Å². The molecule has 0 radical (unpaired) electrons. The van der Waals surface area contributed by atoms with E-state index < -0.39 is 0 Å². The zero-order valence-corrected chi connectivity index (χ0v) is 13.0. The van der Waals surface area contributed by atoms with E-state index in [0.29, 0.717) is 5.41 Å². The first kappa shape index (κ1) is 15.9.